The van der Waals surface area contributed by atoms with E-state index in [0.29, 0.717) is 11.8 Å². The zero-order valence-electron chi connectivity index (χ0n) is 14.7. The Labute approximate surface area is 157 Å². The lowest BCUT2D eigenvalue weighted by molar-refractivity contribution is -0.384. The van der Waals surface area contributed by atoms with Gasteiger partial charge in [0.2, 0.25) is 0 Å². The van der Waals surface area contributed by atoms with Gasteiger partial charge in [0.15, 0.2) is 6.29 Å². The number of ether oxygens (including phenoxy) is 1. The summed E-state index contributed by atoms with van der Waals surface area (Å²) in [5, 5.41) is 19.8. The highest BCUT2D eigenvalue weighted by Gasteiger charge is 2.16. The van der Waals surface area contributed by atoms with Crippen LogP contribution in [0, 0.1) is 10.1 Å². The van der Waals surface area contributed by atoms with Crippen LogP contribution in [0.5, 0.6) is 5.75 Å². The fraction of sp³-hybridized carbons (Fsp3) is 0.105. The molecule has 9 heteroatoms. The SMILES string of the molecule is CCOC(=O)c1cc2cc([N+](=O)[O-])ccc2oc1=O.O=Cc1ccccc1O. The molecule has 0 aliphatic rings. The quantitative estimate of drug-likeness (QED) is 0.238. The lowest BCUT2D eigenvalue weighted by atomic mass is 10.1. The van der Waals surface area contributed by atoms with Crippen LogP contribution < -0.4 is 5.63 Å². The molecule has 0 aliphatic carbocycles. The van der Waals surface area contributed by atoms with E-state index in [9.17, 15) is 24.5 Å². The molecular formula is C19H15NO8. The highest BCUT2D eigenvalue weighted by atomic mass is 16.6. The first-order valence-corrected chi connectivity index (χ1v) is 8.00. The average molecular weight is 385 g/mol. The van der Waals surface area contributed by atoms with Crippen molar-refractivity contribution in [2.24, 2.45) is 0 Å². The lowest BCUT2D eigenvalue weighted by Crippen LogP contribution is -2.16. The zero-order valence-corrected chi connectivity index (χ0v) is 14.7. The number of hydrogen-bond donors (Lipinski definition) is 1. The van der Waals surface area contributed by atoms with Crippen molar-refractivity contribution < 1.29 is 28.8 Å². The zero-order chi connectivity index (χ0) is 20.7. The van der Waals surface area contributed by atoms with Crippen LogP contribution in [-0.4, -0.2) is 28.9 Å². The van der Waals surface area contributed by atoms with Gasteiger partial charge in [-0.15, -0.1) is 0 Å². The van der Waals surface area contributed by atoms with Crippen LogP contribution >= 0.6 is 0 Å². The molecule has 0 radical (unpaired) electrons. The number of hydrogen-bond acceptors (Lipinski definition) is 8. The van der Waals surface area contributed by atoms with Crippen molar-refractivity contribution in [2.75, 3.05) is 6.61 Å². The number of benzene rings is 2. The molecule has 2 aromatic carbocycles. The Kier molecular flexibility index (Phi) is 6.58. The molecule has 3 rings (SSSR count). The average Bonchev–Trinajstić information content (AvgIpc) is 2.68. The van der Waals surface area contributed by atoms with E-state index in [0.717, 1.165) is 0 Å². The minimum Gasteiger partial charge on any atom is -0.507 e. The fourth-order valence-corrected chi connectivity index (χ4v) is 2.16. The number of rotatable bonds is 4. The number of nitro benzene ring substituents is 1. The largest absolute Gasteiger partial charge is 0.507 e. The molecule has 0 atom stereocenters. The topological polar surface area (TPSA) is 137 Å². The van der Waals surface area contributed by atoms with E-state index in [-0.39, 0.29) is 34.6 Å². The second-order valence-electron chi connectivity index (χ2n) is 5.32. The molecule has 3 aromatic rings. The highest BCUT2D eigenvalue weighted by Crippen LogP contribution is 2.20. The van der Waals surface area contributed by atoms with E-state index in [1.54, 1.807) is 25.1 Å². The Morgan fingerprint density at radius 2 is 1.96 bits per heavy atom. The van der Waals surface area contributed by atoms with Crippen molar-refractivity contribution >= 4 is 28.9 Å². The molecule has 0 unspecified atom stereocenters. The van der Waals surface area contributed by atoms with Crippen LogP contribution in [0.2, 0.25) is 0 Å². The molecule has 144 valence electrons. The summed E-state index contributed by atoms with van der Waals surface area (Å²) in [6.07, 6.45) is 0.620. The molecule has 28 heavy (non-hydrogen) atoms. The molecule has 0 saturated carbocycles. The molecule has 0 bridgehead atoms. The van der Waals surface area contributed by atoms with Gasteiger partial charge >= 0.3 is 11.6 Å². The van der Waals surface area contributed by atoms with E-state index in [1.807, 2.05) is 0 Å². The normalized spacial score (nSPS) is 9.89. The number of non-ortho nitro benzene ring substituents is 1. The van der Waals surface area contributed by atoms with Crippen LogP contribution in [0.1, 0.15) is 27.6 Å². The number of nitrogens with zero attached hydrogens (tertiary/aromatic N) is 1. The van der Waals surface area contributed by atoms with E-state index < -0.39 is 16.5 Å². The number of phenols is 1. The van der Waals surface area contributed by atoms with Crippen LogP contribution in [0.4, 0.5) is 5.69 Å². The molecule has 0 aliphatic heterocycles. The minimum atomic E-state index is -0.834. The van der Waals surface area contributed by atoms with Gasteiger partial charge in [-0.1, -0.05) is 12.1 Å². The van der Waals surface area contributed by atoms with Crippen LogP contribution in [-0.2, 0) is 4.74 Å². The fourth-order valence-electron chi connectivity index (χ4n) is 2.16. The van der Waals surface area contributed by atoms with Gasteiger partial charge in [-0.3, -0.25) is 14.9 Å². The van der Waals surface area contributed by atoms with Gasteiger partial charge in [0.05, 0.1) is 17.1 Å². The lowest BCUT2D eigenvalue weighted by Gasteiger charge is -2.02. The van der Waals surface area contributed by atoms with Crippen molar-refractivity contribution in [1.29, 1.82) is 0 Å². The van der Waals surface area contributed by atoms with Crippen LogP contribution in [0.3, 0.4) is 0 Å². The van der Waals surface area contributed by atoms with Crippen LogP contribution in [0.15, 0.2) is 57.7 Å². The second-order valence-corrected chi connectivity index (χ2v) is 5.32. The Balaban J connectivity index is 0.000000261. The standard InChI is InChI=1S/C12H9NO6.C7H6O2/c1-2-18-11(14)9-6-7-5-8(13(16)17)3-4-10(7)19-12(9)15;8-5-6-3-1-2-4-7(6)9/h3-6H,2H2,1H3;1-5,9H. The van der Waals surface area contributed by atoms with Gasteiger partial charge in [0.25, 0.3) is 5.69 Å². The van der Waals surface area contributed by atoms with Gasteiger partial charge in [-0.2, -0.15) is 0 Å². The van der Waals surface area contributed by atoms with Crippen molar-refractivity contribution in [3.05, 3.63) is 80.2 Å². The molecule has 1 heterocycles. The summed E-state index contributed by atoms with van der Waals surface area (Å²) in [6.45, 7) is 1.72. The molecular weight excluding hydrogens is 370 g/mol. The number of para-hydroxylation sites is 1. The summed E-state index contributed by atoms with van der Waals surface area (Å²) in [4.78, 5) is 43.2. The Morgan fingerprint density at radius 1 is 1.25 bits per heavy atom. The first-order valence-electron chi connectivity index (χ1n) is 8.00. The third kappa shape index (κ3) is 4.79. The van der Waals surface area contributed by atoms with Gasteiger partial charge < -0.3 is 14.3 Å². The molecule has 0 fully saturated rings. The molecule has 0 amide bonds. The minimum absolute atomic E-state index is 0.0347. The van der Waals surface area contributed by atoms with Gasteiger partial charge in [-0.25, -0.2) is 9.59 Å². The smallest absolute Gasteiger partial charge is 0.351 e. The van der Waals surface area contributed by atoms with Crippen molar-refractivity contribution in [1.82, 2.24) is 0 Å². The van der Waals surface area contributed by atoms with Crippen molar-refractivity contribution in [3.8, 4) is 5.75 Å². The molecule has 0 saturated heterocycles. The number of carbonyl (C=O) groups excluding carboxylic acids is 2. The Morgan fingerprint density at radius 3 is 2.54 bits per heavy atom. The van der Waals surface area contributed by atoms with E-state index in [1.165, 1.54) is 30.3 Å². The third-order valence-electron chi connectivity index (χ3n) is 3.49. The summed E-state index contributed by atoms with van der Waals surface area (Å²) < 4.78 is 9.62. The third-order valence-corrected chi connectivity index (χ3v) is 3.49. The first-order chi connectivity index (χ1) is 13.4. The van der Waals surface area contributed by atoms with E-state index in [4.69, 9.17) is 14.3 Å². The molecule has 0 spiro atoms. The number of esters is 1. The van der Waals surface area contributed by atoms with Crippen LogP contribution in [0.25, 0.3) is 11.0 Å². The molecule has 1 aromatic heterocycles. The van der Waals surface area contributed by atoms with Crippen molar-refractivity contribution in [3.63, 3.8) is 0 Å². The van der Waals surface area contributed by atoms with E-state index in [2.05, 4.69) is 0 Å². The van der Waals surface area contributed by atoms with Gasteiger partial charge in [-0.05, 0) is 31.2 Å². The predicted molar refractivity (Wildman–Crippen MR) is 98.6 cm³/mol. The van der Waals surface area contributed by atoms with Crippen molar-refractivity contribution in [2.45, 2.75) is 6.92 Å². The number of aromatic hydroxyl groups is 1. The summed E-state index contributed by atoms with van der Waals surface area (Å²) >= 11 is 0. The number of nitro groups is 1. The maximum Gasteiger partial charge on any atom is 0.351 e. The monoisotopic (exact) mass is 385 g/mol. The number of fused-ring (bicyclic) bond motifs is 1. The van der Waals surface area contributed by atoms with Gasteiger partial charge in [0.1, 0.15) is 16.9 Å². The highest BCUT2D eigenvalue weighted by molar-refractivity contribution is 5.93. The summed E-state index contributed by atoms with van der Waals surface area (Å²) in [7, 11) is 0. The second kappa shape index (κ2) is 9.08. The Hall–Kier alpha value is -4.01. The summed E-state index contributed by atoms with van der Waals surface area (Å²) in [5.41, 5.74) is -0.771. The number of aldehydes is 1. The molecule has 1 N–H and O–H groups in total. The maximum atomic E-state index is 11.6. The van der Waals surface area contributed by atoms with Gasteiger partial charge in [0, 0.05) is 17.5 Å². The summed E-state index contributed by atoms with van der Waals surface area (Å²) in [6, 6.07) is 11.4. The predicted octanol–water partition coefficient (Wildman–Crippen LogP) is 3.08. The molecule has 9 nitrogen and oxygen atoms in total. The Bertz CT molecular complexity index is 1090. The summed E-state index contributed by atoms with van der Waals surface area (Å²) in [5.74, 6) is -0.780. The maximum absolute atomic E-state index is 11.6. The number of carbonyl (C=O) groups is 2. The van der Waals surface area contributed by atoms with E-state index >= 15 is 0 Å². The first kappa shape index (κ1) is 20.3. The number of phenolic OH excluding ortho intramolecular Hbond substituents is 1.